The van der Waals surface area contributed by atoms with Crippen molar-refractivity contribution in [2.45, 2.75) is 6.42 Å². The fourth-order valence-electron chi connectivity index (χ4n) is 0.587. The van der Waals surface area contributed by atoms with Crippen LogP contribution in [-0.4, -0.2) is 15.0 Å². The molecule has 5 nitrogen and oxygen atoms in total. The Bertz CT molecular complexity index is 243. The highest BCUT2D eigenvalue weighted by molar-refractivity contribution is 7.93. The highest BCUT2D eigenvalue weighted by Gasteiger charge is 2.13. The minimum absolute atomic E-state index is 0.0567. The summed E-state index contributed by atoms with van der Waals surface area (Å²) >= 11 is 0. The van der Waals surface area contributed by atoms with Crippen molar-refractivity contribution < 1.29 is 13.3 Å². The van der Waals surface area contributed by atoms with E-state index in [0.717, 1.165) is 0 Å². The SMILES string of the molecule is NS(=O)(=O)C1=CCCON1. The summed E-state index contributed by atoms with van der Waals surface area (Å²) in [6.45, 7) is 0.471. The molecule has 10 heavy (non-hydrogen) atoms. The Morgan fingerprint density at radius 3 is 2.70 bits per heavy atom. The number of nitrogens with two attached hydrogens (primary N) is 1. The molecule has 0 amide bonds. The van der Waals surface area contributed by atoms with E-state index in [4.69, 9.17) is 5.14 Å². The van der Waals surface area contributed by atoms with Crippen LogP contribution in [0.2, 0.25) is 0 Å². The van der Waals surface area contributed by atoms with Gasteiger partial charge in [-0.2, -0.15) is 0 Å². The van der Waals surface area contributed by atoms with Gasteiger partial charge in [-0.1, -0.05) is 0 Å². The molecular weight excluding hydrogens is 156 g/mol. The molecule has 1 heterocycles. The molecule has 0 saturated heterocycles. The number of hydrogen-bond donors (Lipinski definition) is 2. The number of rotatable bonds is 1. The molecule has 3 N–H and O–H groups in total. The van der Waals surface area contributed by atoms with Crippen molar-refractivity contribution >= 4 is 10.0 Å². The summed E-state index contributed by atoms with van der Waals surface area (Å²) in [6, 6.07) is 0. The van der Waals surface area contributed by atoms with E-state index < -0.39 is 10.0 Å². The molecule has 0 spiro atoms. The maximum Gasteiger partial charge on any atom is 0.254 e. The van der Waals surface area contributed by atoms with E-state index in [1.165, 1.54) is 6.08 Å². The molecule has 1 aliphatic heterocycles. The number of sulfonamides is 1. The number of nitrogens with one attached hydrogen (secondary N) is 1. The van der Waals surface area contributed by atoms with Crippen molar-refractivity contribution in [2.24, 2.45) is 5.14 Å². The van der Waals surface area contributed by atoms with E-state index in [0.29, 0.717) is 13.0 Å². The van der Waals surface area contributed by atoms with Crippen molar-refractivity contribution in [3.05, 3.63) is 11.1 Å². The first-order valence-corrected chi connectivity index (χ1v) is 4.26. The van der Waals surface area contributed by atoms with Crippen molar-refractivity contribution in [2.75, 3.05) is 6.61 Å². The van der Waals surface area contributed by atoms with Gasteiger partial charge >= 0.3 is 0 Å². The van der Waals surface area contributed by atoms with Crippen molar-refractivity contribution in [3.8, 4) is 0 Å². The molecule has 1 rings (SSSR count). The monoisotopic (exact) mass is 164 g/mol. The van der Waals surface area contributed by atoms with E-state index in [1.54, 1.807) is 0 Å². The average molecular weight is 164 g/mol. The molecule has 0 aromatic heterocycles. The summed E-state index contributed by atoms with van der Waals surface area (Å²) in [6.07, 6.45) is 2.05. The fraction of sp³-hybridized carbons (Fsp3) is 0.500. The third-order valence-corrected chi connectivity index (χ3v) is 1.89. The second kappa shape index (κ2) is 2.57. The van der Waals surface area contributed by atoms with Gasteiger partial charge in [-0.25, -0.2) is 13.6 Å². The lowest BCUT2D eigenvalue weighted by atomic mass is 10.4. The third kappa shape index (κ3) is 1.69. The van der Waals surface area contributed by atoms with Gasteiger partial charge in [0.1, 0.15) is 0 Å². The van der Waals surface area contributed by atoms with Gasteiger partial charge in [0.25, 0.3) is 10.0 Å². The van der Waals surface area contributed by atoms with Crippen LogP contribution >= 0.6 is 0 Å². The van der Waals surface area contributed by atoms with Gasteiger partial charge in [-0.3, -0.25) is 10.3 Å². The quantitative estimate of drug-likeness (QED) is 0.523. The molecule has 0 saturated carbocycles. The van der Waals surface area contributed by atoms with E-state index in [-0.39, 0.29) is 5.03 Å². The molecule has 58 valence electrons. The summed E-state index contributed by atoms with van der Waals surface area (Å²) in [5, 5.41) is 4.71. The predicted octanol–water partition coefficient (Wildman–Crippen LogP) is -0.959. The van der Waals surface area contributed by atoms with Crippen LogP contribution in [0, 0.1) is 0 Å². The standard InChI is InChI=1S/C4H8N2O3S/c5-10(7,8)4-2-1-3-9-6-4/h2,6H,1,3H2,(H2,5,7,8). The van der Waals surface area contributed by atoms with Gasteiger partial charge in [0.05, 0.1) is 6.61 Å². The summed E-state index contributed by atoms with van der Waals surface area (Å²) in [7, 11) is -3.60. The second-order valence-electron chi connectivity index (χ2n) is 1.85. The lowest BCUT2D eigenvalue weighted by molar-refractivity contribution is 0.0617. The Morgan fingerprint density at radius 1 is 1.70 bits per heavy atom. The number of hydrogen-bond acceptors (Lipinski definition) is 4. The van der Waals surface area contributed by atoms with Crippen LogP contribution < -0.4 is 10.6 Å². The molecule has 6 heteroatoms. The van der Waals surface area contributed by atoms with Gasteiger partial charge < -0.3 is 0 Å². The van der Waals surface area contributed by atoms with E-state index in [9.17, 15) is 8.42 Å². The highest BCUT2D eigenvalue weighted by atomic mass is 32.2. The molecule has 0 atom stereocenters. The second-order valence-corrected chi connectivity index (χ2v) is 3.38. The van der Waals surface area contributed by atoms with Gasteiger partial charge in [-0.15, -0.1) is 0 Å². The van der Waals surface area contributed by atoms with Crippen molar-refractivity contribution in [1.82, 2.24) is 5.48 Å². The van der Waals surface area contributed by atoms with E-state index >= 15 is 0 Å². The van der Waals surface area contributed by atoms with Crippen molar-refractivity contribution in [1.29, 1.82) is 0 Å². The molecule has 0 radical (unpaired) electrons. The van der Waals surface area contributed by atoms with E-state index in [1.807, 2.05) is 0 Å². The van der Waals surface area contributed by atoms with Crippen LogP contribution in [-0.2, 0) is 14.9 Å². The average Bonchev–Trinajstić information content (AvgIpc) is 1.88. The minimum Gasteiger partial charge on any atom is -0.275 e. The van der Waals surface area contributed by atoms with E-state index in [2.05, 4.69) is 10.3 Å². The lowest BCUT2D eigenvalue weighted by Gasteiger charge is -2.12. The van der Waals surface area contributed by atoms with Gasteiger partial charge in [-0.05, 0) is 12.5 Å². The fourth-order valence-corrected chi connectivity index (χ4v) is 1.11. The minimum atomic E-state index is -3.60. The van der Waals surface area contributed by atoms with Gasteiger partial charge in [0, 0.05) is 0 Å². The Hall–Kier alpha value is -0.590. The normalized spacial score (nSPS) is 19.5. The first-order valence-electron chi connectivity index (χ1n) is 2.71. The van der Waals surface area contributed by atoms with Gasteiger partial charge in [0.2, 0.25) is 0 Å². The van der Waals surface area contributed by atoms with Crippen LogP contribution in [0.25, 0.3) is 0 Å². The number of primary sulfonamides is 1. The first-order chi connectivity index (χ1) is 4.61. The Balaban J connectivity index is 2.82. The molecular formula is C4H8N2O3S. The predicted molar refractivity (Wildman–Crippen MR) is 34.9 cm³/mol. The Labute approximate surface area is 58.9 Å². The van der Waals surface area contributed by atoms with Crippen LogP contribution in [0.3, 0.4) is 0 Å². The lowest BCUT2D eigenvalue weighted by Crippen LogP contribution is -2.29. The third-order valence-electron chi connectivity index (χ3n) is 1.03. The van der Waals surface area contributed by atoms with Crippen LogP contribution in [0.5, 0.6) is 0 Å². The van der Waals surface area contributed by atoms with Crippen LogP contribution in [0.1, 0.15) is 6.42 Å². The van der Waals surface area contributed by atoms with Crippen molar-refractivity contribution in [3.63, 3.8) is 0 Å². The number of hydroxylamine groups is 1. The van der Waals surface area contributed by atoms with Crippen LogP contribution in [0.4, 0.5) is 0 Å². The van der Waals surface area contributed by atoms with Crippen LogP contribution in [0.15, 0.2) is 11.1 Å². The largest absolute Gasteiger partial charge is 0.275 e. The first kappa shape index (κ1) is 7.52. The summed E-state index contributed by atoms with van der Waals surface area (Å²) < 4.78 is 21.1. The molecule has 0 aliphatic carbocycles. The molecule has 0 aromatic rings. The zero-order valence-electron chi connectivity index (χ0n) is 5.20. The molecule has 0 fully saturated rings. The van der Waals surface area contributed by atoms with Gasteiger partial charge in [0.15, 0.2) is 5.03 Å². The zero-order chi connectivity index (χ0) is 7.61. The summed E-state index contributed by atoms with van der Waals surface area (Å²) in [5.41, 5.74) is 2.21. The molecule has 0 unspecified atom stereocenters. The maximum atomic E-state index is 10.6. The topological polar surface area (TPSA) is 81.4 Å². The molecule has 0 aromatic carbocycles. The maximum absolute atomic E-state index is 10.6. The smallest absolute Gasteiger partial charge is 0.254 e. The Morgan fingerprint density at radius 2 is 2.40 bits per heavy atom. The molecule has 0 bridgehead atoms. The molecule has 1 aliphatic rings. The Kier molecular flexibility index (Phi) is 1.93. The summed E-state index contributed by atoms with van der Waals surface area (Å²) in [5.74, 6) is 0. The summed E-state index contributed by atoms with van der Waals surface area (Å²) in [4.78, 5) is 4.63. The highest BCUT2D eigenvalue weighted by Crippen LogP contribution is 2.03. The zero-order valence-corrected chi connectivity index (χ0v) is 6.02.